The Morgan fingerprint density at radius 3 is 2.07 bits per heavy atom. The van der Waals surface area contributed by atoms with Crippen molar-refractivity contribution in [3.8, 4) is 5.88 Å². The number of anilines is 1. The highest BCUT2D eigenvalue weighted by atomic mass is 32.1. The molecule has 11 heteroatoms. The van der Waals surface area contributed by atoms with E-state index in [1.165, 1.54) is 0 Å². The van der Waals surface area contributed by atoms with E-state index in [9.17, 15) is 4.79 Å². The molecule has 3 aromatic carbocycles. The molecule has 1 saturated heterocycles. The molecule has 0 radical (unpaired) electrons. The predicted octanol–water partition coefficient (Wildman–Crippen LogP) is 5.87. The lowest BCUT2D eigenvalue weighted by Gasteiger charge is -2.50. The topological polar surface area (TPSA) is 104 Å². The summed E-state index contributed by atoms with van der Waals surface area (Å²) >= 11 is 4.11. The third-order valence-corrected chi connectivity index (χ3v) is 8.35. The predicted molar refractivity (Wildman–Crippen MR) is 180 cm³/mol. The molecule has 2 unspecified atom stereocenters. The van der Waals surface area contributed by atoms with Crippen LogP contribution in [0, 0.1) is 5.92 Å². The van der Waals surface area contributed by atoms with E-state index in [1.54, 1.807) is 6.33 Å². The maximum Gasteiger partial charge on any atom is 0.247 e. The highest BCUT2D eigenvalue weighted by Gasteiger charge is 2.46. The van der Waals surface area contributed by atoms with Gasteiger partial charge in [0.1, 0.15) is 6.23 Å². The van der Waals surface area contributed by atoms with E-state index in [2.05, 4.69) is 106 Å². The average Bonchev–Trinajstić information content (AvgIpc) is 3.51. The molecule has 1 amide bonds. The second kappa shape index (κ2) is 14.0. The van der Waals surface area contributed by atoms with Crippen molar-refractivity contribution in [1.82, 2.24) is 24.4 Å². The van der Waals surface area contributed by atoms with Gasteiger partial charge >= 0.3 is 0 Å². The Hall–Kier alpha value is -4.29. The van der Waals surface area contributed by atoms with Gasteiger partial charge in [-0.3, -0.25) is 19.6 Å². The third kappa shape index (κ3) is 6.11. The summed E-state index contributed by atoms with van der Waals surface area (Å²) in [6, 6.07) is 31.6. The van der Waals surface area contributed by atoms with Gasteiger partial charge in [0.2, 0.25) is 17.7 Å². The first-order valence-electron chi connectivity index (χ1n) is 15.5. The van der Waals surface area contributed by atoms with Crippen LogP contribution in [0.2, 0.25) is 0 Å². The third-order valence-electron chi connectivity index (χ3n) is 8.20. The number of ether oxygens (including phenoxy) is 2. The van der Waals surface area contributed by atoms with Gasteiger partial charge < -0.3 is 13.7 Å². The summed E-state index contributed by atoms with van der Waals surface area (Å²) in [4.78, 5) is 28.9. The molecule has 5 aromatic rings. The minimum absolute atomic E-state index is 0.145. The minimum atomic E-state index is -0.682. The number of hydrogen-bond acceptors (Lipinski definition) is 9. The highest BCUT2D eigenvalue weighted by molar-refractivity contribution is 7.75. The van der Waals surface area contributed by atoms with Gasteiger partial charge in [0, 0.05) is 19.0 Å². The summed E-state index contributed by atoms with van der Waals surface area (Å²) in [6.45, 7) is 7.15. The van der Waals surface area contributed by atoms with Gasteiger partial charge in [0.15, 0.2) is 11.2 Å². The molecule has 0 saturated carbocycles. The smallest absolute Gasteiger partial charge is 0.247 e. The summed E-state index contributed by atoms with van der Waals surface area (Å²) in [5.41, 5.74) is 3.64. The summed E-state index contributed by atoms with van der Waals surface area (Å²) in [7, 11) is 0. The maximum atomic E-state index is 12.6. The molecule has 1 aliphatic heterocycles. The second-order valence-electron chi connectivity index (χ2n) is 11.5. The molecule has 3 heterocycles. The van der Waals surface area contributed by atoms with Gasteiger partial charge in [-0.25, -0.2) is 4.98 Å². The van der Waals surface area contributed by atoms with E-state index in [0.717, 1.165) is 16.7 Å². The number of fused-ring (bicyclic) bond motifs is 1. The van der Waals surface area contributed by atoms with Crippen molar-refractivity contribution < 1.29 is 18.5 Å². The van der Waals surface area contributed by atoms with E-state index >= 15 is 0 Å². The van der Waals surface area contributed by atoms with Crippen molar-refractivity contribution >= 4 is 35.9 Å². The standard InChI is InChI=1S/C35H38N6O4S/c1-4-43-33-30-31(37-34(39-33)38-32(42)24(2)3)41(23-36-30)29-21-40(20-28(45-29)22-44-46)35(25-14-8-5-9-15-25,26-16-10-6-11-17-26)27-18-12-7-13-19-27/h5-19,23-24,28-29,46H,4,20-22H2,1-3H3,(H,37,38,39,42). The molecule has 46 heavy (non-hydrogen) atoms. The number of amides is 1. The van der Waals surface area contributed by atoms with E-state index in [1.807, 2.05) is 43.5 Å². The maximum absolute atomic E-state index is 12.6. The summed E-state index contributed by atoms with van der Waals surface area (Å²) < 4.78 is 19.8. The number of morpholine rings is 1. The minimum Gasteiger partial charge on any atom is -0.476 e. The Labute approximate surface area is 274 Å². The first-order valence-corrected chi connectivity index (χ1v) is 15.8. The molecular formula is C35H38N6O4S. The lowest BCUT2D eigenvalue weighted by molar-refractivity contribution is -0.144. The first kappa shape index (κ1) is 31.7. The quantitative estimate of drug-likeness (QED) is 0.105. The van der Waals surface area contributed by atoms with Crippen LogP contribution in [0.1, 0.15) is 43.7 Å². The zero-order valence-corrected chi connectivity index (χ0v) is 27.0. The van der Waals surface area contributed by atoms with E-state index in [4.69, 9.17) is 18.6 Å². The summed E-state index contributed by atoms with van der Waals surface area (Å²) in [5.74, 6) is -0.0108. The Balaban J connectivity index is 1.52. The number of imidazole rings is 1. The molecule has 0 spiro atoms. The largest absolute Gasteiger partial charge is 0.476 e. The molecule has 0 aliphatic carbocycles. The van der Waals surface area contributed by atoms with Crippen molar-refractivity contribution in [3.05, 3.63) is 114 Å². The molecule has 6 rings (SSSR count). The fourth-order valence-corrected chi connectivity index (χ4v) is 6.32. The molecular weight excluding hydrogens is 600 g/mol. The van der Waals surface area contributed by atoms with Crippen LogP contribution in [-0.4, -0.2) is 62.7 Å². The molecule has 1 N–H and O–H groups in total. The second-order valence-corrected chi connectivity index (χ2v) is 11.7. The van der Waals surface area contributed by atoms with Gasteiger partial charge in [-0.05, 0) is 36.5 Å². The van der Waals surface area contributed by atoms with Gasteiger partial charge in [0.05, 0.1) is 31.2 Å². The Kier molecular flexibility index (Phi) is 9.64. The van der Waals surface area contributed by atoms with Crippen LogP contribution in [0.4, 0.5) is 5.95 Å². The number of thiol groups is 1. The lowest BCUT2D eigenvalue weighted by atomic mass is 9.75. The van der Waals surface area contributed by atoms with Crippen molar-refractivity contribution in [2.45, 2.75) is 38.6 Å². The number of aromatic nitrogens is 4. The van der Waals surface area contributed by atoms with Crippen LogP contribution in [-0.2, 0) is 19.3 Å². The van der Waals surface area contributed by atoms with Crippen LogP contribution in [0.25, 0.3) is 11.2 Å². The van der Waals surface area contributed by atoms with Crippen LogP contribution in [0.15, 0.2) is 97.3 Å². The number of rotatable bonds is 11. The number of nitrogens with zero attached hydrogens (tertiary/aromatic N) is 5. The van der Waals surface area contributed by atoms with Crippen LogP contribution in [0.3, 0.4) is 0 Å². The average molecular weight is 639 g/mol. The van der Waals surface area contributed by atoms with Crippen LogP contribution >= 0.6 is 12.9 Å². The molecule has 2 atom stereocenters. The summed E-state index contributed by atoms with van der Waals surface area (Å²) in [6.07, 6.45) is 0.802. The van der Waals surface area contributed by atoms with E-state index < -0.39 is 11.8 Å². The number of hydrogen-bond donors (Lipinski definition) is 2. The first-order chi connectivity index (χ1) is 22.4. The molecule has 0 bridgehead atoms. The van der Waals surface area contributed by atoms with Crippen molar-refractivity contribution in [3.63, 3.8) is 0 Å². The summed E-state index contributed by atoms with van der Waals surface area (Å²) in [5, 5.41) is 2.82. The van der Waals surface area contributed by atoms with Gasteiger partial charge in [-0.2, -0.15) is 9.97 Å². The zero-order valence-electron chi connectivity index (χ0n) is 26.1. The SMILES string of the molecule is CCOc1nc(NC(=O)C(C)C)nc2c1ncn2C1CN(C(c2ccccc2)(c2ccccc2)c2ccccc2)CC(COS)O1. The normalized spacial score (nSPS) is 17.3. The fraction of sp³-hybridized carbons (Fsp3) is 0.314. The lowest BCUT2D eigenvalue weighted by Crippen LogP contribution is -2.57. The Morgan fingerprint density at radius 1 is 0.957 bits per heavy atom. The van der Waals surface area contributed by atoms with Crippen molar-refractivity contribution in [2.24, 2.45) is 5.92 Å². The molecule has 238 valence electrons. The van der Waals surface area contributed by atoms with Gasteiger partial charge in [0.25, 0.3) is 0 Å². The van der Waals surface area contributed by atoms with Crippen molar-refractivity contribution in [2.75, 3.05) is 31.6 Å². The van der Waals surface area contributed by atoms with Gasteiger partial charge in [-0.1, -0.05) is 105 Å². The number of nitrogens with one attached hydrogen (secondary N) is 1. The van der Waals surface area contributed by atoms with E-state index in [0.29, 0.717) is 36.7 Å². The number of carbonyl (C=O) groups is 1. The van der Waals surface area contributed by atoms with Crippen molar-refractivity contribution in [1.29, 1.82) is 0 Å². The Morgan fingerprint density at radius 2 is 1.54 bits per heavy atom. The van der Waals surface area contributed by atoms with Crippen LogP contribution < -0.4 is 10.1 Å². The van der Waals surface area contributed by atoms with Crippen LogP contribution in [0.5, 0.6) is 5.88 Å². The molecule has 2 aromatic heterocycles. The van der Waals surface area contributed by atoms with E-state index in [-0.39, 0.29) is 30.5 Å². The molecule has 10 nitrogen and oxygen atoms in total. The highest BCUT2D eigenvalue weighted by Crippen LogP contribution is 2.45. The zero-order chi connectivity index (χ0) is 32.1. The number of benzene rings is 3. The van der Waals surface area contributed by atoms with Gasteiger partial charge in [-0.15, -0.1) is 0 Å². The monoisotopic (exact) mass is 638 g/mol. The Bertz CT molecular complexity index is 1660. The molecule has 1 fully saturated rings. The molecule has 1 aliphatic rings. The fourth-order valence-electron chi connectivity index (χ4n) is 6.15. The number of carbonyl (C=O) groups excluding carboxylic acids is 1.